The summed E-state index contributed by atoms with van der Waals surface area (Å²) in [7, 11) is 0. The minimum absolute atomic E-state index is 0.113. The summed E-state index contributed by atoms with van der Waals surface area (Å²) in [5.41, 5.74) is 1.24. The second-order valence-corrected chi connectivity index (χ2v) is 5.93. The molecule has 1 aliphatic rings. The van der Waals surface area contributed by atoms with Crippen LogP contribution in [0.3, 0.4) is 0 Å². The average molecular weight is 259 g/mol. The lowest BCUT2D eigenvalue weighted by molar-refractivity contribution is 0.0692. The predicted octanol–water partition coefficient (Wildman–Crippen LogP) is 3.56. The topological polar surface area (TPSA) is 50.2 Å². The third kappa shape index (κ3) is 1.82. The van der Waals surface area contributed by atoms with Crippen LogP contribution in [0, 0.1) is 0 Å². The van der Waals surface area contributed by atoms with Crippen LogP contribution >= 0.6 is 11.3 Å². The highest BCUT2D eigenvalue weighted by atomic mass is 32.1. The van der Waals surface area contributed by atoms with Gasteiger partial charge in [0.05, 0.1) is 4.88 Å². The summed E-state index contributed by atoms with van der Waals surface area (Å²) >= 11 is 1.52. The minimum Gasteiger partial charge on any atom is -0.476 e. The Morgan fingerprint density at radius 1 is 1.33 bits per heavy atom. The van der Waals surface area contributed by atoms with Crippen LogP contribution in [0.4, 0.5) is 0 Å². The van der Waals surface area contributed by atoms with E-state index < -0.39 is 5.97 Å². The predicted molar refractivity (Wildman–Crippen MR) is 71.1 cm³/mol. The molecule has 1 N–H and O–H groups in total. The van der Waals surface area contributed by atoms with Crippen molar-refractivity contribution in [3.8, 4) is 10.4 Å². The van der Waals surface area contributed by atoms with Crippen molar-refractivity contribution in [2.45, 2.75) is 25.2 Å². The number of carbonyl (C=O) groups is 1. The molecule has 2 aromatic rings. The molecule has 3 rings (SSSR count). The lowest BCUT2D eigenvalue weighted by atomic mass is 10.1. The zero-order valence-corrected chi connectivity index (χ0v) is 10.8. The molecule has 0 atom stereocenters. The van der Waals surface area contributed by atoms with Crippen molar-refractivity contribution in [3.05, 3.63) is 41.0 Å². The highest BCUT2D eigenvalue weighted by Crippen LogP contribution is 2.50. The largest absolute Gasteiger partial charge is 0.476 e. The van der Waals surface area contributed by atoms with E-state index in [-0.39, 0.29) is 11.1 Å². The van der Waals surface area contributed by atoms with Crippen LogP contribution in [0.15, 0.2) is 30.3 Å². The van der Waals surface area contributed by atoms with Gasteiger partial charge in [0.2, 0.25) is 0 Å². The number of thiazole rings is 1. The van der Waals surface area contributed by atoms with E-state index in [4.69, 9.17) is 0 Å². The van der Waals surface area contributed by atoms with E-state index in [1.807, 2.05) is 30.3 Å². The summed E-state index contributed by atoms with van der Waals surface area (Å²) in [4.78, 5) is 16.4. The van der Waals surface area contributed by atoms with E-state index in [1.165, 1.54) is 11.3 Å². The molecular formula is C14H13NO2S. The molecule has 0 amide bonds. The first-order valence-corrected chi connectivity index (χ1v) is 6.72. The van der Waals surface area contributed by atoms with Gasteiger partial charge in [-0.3, -0.25) is 0 Å². The molecule has 1 heterocycles. The van der Waals surface area contributed by atoms with Gasteiger partial charge in [0.15, 0.2) is 5.69 Å². The Kier molecular flexibility index (Phi) is 2.48. The van der Waals surface area contributed by atoms with Crippen molar-refractivity contribution < 1.29 is 9.90 Å². The van der Waals surface area contributed by atoms with Gasteiger partial charge in [-0.1, -0.05) is 37.3 Å². The molecule has 1 aromatic carbocycles. The van der Waals surface area contributed by atoms with Gasteiger partial charge < -0.3 is 5.11 Å². The lowest BCUT2D eigenvalue weighted by Crippen LogP contribution is -2.02. The maximum Gasteiger partial charge on any atom is 0.356 e. The second kappa shape index (κ2) is 3.92. The number of benzene rings is 1. The van der Waals surface area contributed by atoms with Crippen LogP contribution in [-0.4, -0.2) is 16.1 Å². The number of hydrogen-bond acceptors (Lipinski definition) is 3. The van der Waals surface area contributed by atoms with Crippen molar-refractivity contribution >= 4 is 17.3 Å². The fourth-order valence-corrected chi connectivity index (χ4v) is 3.17. The SMILES string of the molecule is CC1(c2nc(C(=O)O)c(-c3ccccc3)s2)CC1. The van der Waals surface area contributed by atoms with Crippen molar-refractivity contribution in [2.24, 2.45) is 0 Å². The third-order valence-corrected chi connectivity index (χ3v) is 4.79. The summed E-state index contributed by atoms with van der Waals surface area (Å²) in [6.45, 7) is 2.15. The highest BCUT2D eigenvalue weighted by Gasteiger charge is 2.43. The van der Waals surface area contributed by atoms with E-state index in [9.17, 15) is 9.90 Å². The van der Waals surface area contributed by atoms with Crippen LogP contribution in [0.5, 0.6) is 0 Å². The summed E-state index contributed by atoms with van der Waals surface area (Å²) < 4.78 is 0. The molecule has 4 heteroatoms. The van der Waals surface area contributed by atoms with E-state index in [0.717, 1.165) is 28.3 Å². The van der Waals surface area contributed by atoms with Crippen molar-refractivity contribution in [1.82, 2.24) is 4.98 Å². The smallest absolute Gasteiger partial charge is 0.356 e. The lowest BCUT2D eigenvalue weighted by Gasteiger charge is -2.00. The van der Waals surface area contributed by atoms with E-state index in [2.05, 4.69) is 11.9 Å². The Morgan fingerprint density at radius 2 is 2.00 bits per heavy atom. The number of hydrogen-bond donors (Lipinski definition) is 1. The van der Waals surface area contributed by atoms with Crippen molar-refractivity contribution in [1.29, 1.82) is 0 Å². The van der Waals surface area contributed by atoms with Crippen LogP contribution in [-0.2, 0) is 5.41 Å². The van der Waals surface area contributed by atoms with Gasteiger partial charge in [-0.25, -0.2) is 9.78 Å². The molecule has 1 aliphatic carbocycles. The second-order valence-electron chi connectivity index (χ2n) is 4.93. The molecule has 0 bridgehead atoms. The quantitative estimate of drug-likeness (QED) is 0.916. The molecule has 0 aliphatic heterocycles. The van der Waals surface area contributed by atoms with Gasteiger partial charge in [-0.2, -0.15) is 0 Å². The molecule has 3 nitrogen and oxygen atoms in total. The molecule has 1 aromatic heterocycles. The molecule has 1 saturated carbocycles. The molecule has 1 fully saturated rings. The molecule has 0 saturated heterocycles. The van der Waals surface area contributed by atoms with Crippen molar-refractivity contribution in [2.75, 3.05) is 0 Å². The average Bonchev–Trinajstić information content (AvgIpc) is 2.96. The van der Waals surface area contributed by atoms with Crippen molar-refractivity contribution in [3.63, 3.8) is 0 Å². The Balaban J connectivity index is 2.13. The summed E-state index contributed by atoms with van der Waals surface area (Å²) in [6.07, 6.45) is 2.21. The Bertz CT molecular complexity index is 600. The first-order chi connectivity index (χ1) is 8.60. The van der Waals surface area contributed by atoms with Crippen LogP contribution in [0.1, 0.15) is 35.3 Å². The molecule has 0 spiro atoms. The standard InChI is InChI=1S/C14H13NO2S/c1-14(7-8-14)13-15-10(12(16)17)11(18-13)9-5-3-2-4-6-9/h2-6H,7-8H2,1H3,(H,16,17). The Morgan fingerprint density at radius 3 is 2.56 bits per heavy atom. The fraction of sp³-hybridized carbons (Fsp3) is 0.286. The van der Waals surface area contributed by atoms with Gasteiger partial charge >= 0.3 is 5.97 Å². The number of aromatic carboxylic acids is 1. The van der Waals surface area contributed by atoms with Gasteiger partial charge in [0.25, 0.3) is 0 Å². The molecule has 92 valence electrons. The molecule has 0 radical (unpaired) electrons. The van der Waals surface area contributed by atoms with Gasteiger partial charge in [0.1, 0.15) is 5.01 Å². The molecule has 18 heavy (non-hydrogen) atoms. The number of rotatable bonds is 3. The molecule has 0 unspecified atom stereocenters. The maximum absolute atomic E-state index is 11.3. The Hall–Kier alpha value is -1.68. The number of carboxylic acids is 1. The molecular weight excluding hydrogens is 246 g/mol. The minimum atomic E-state index is -0.944. The normalized spacial score (nSPS) is 16.5. The number of nitrogens with zero attached hydrogens (tertiary/aromatic N) is 1. The zero-order valence-electron chi connectivity index (χ0n) is 10.0. The van der Waals surface area contributed by atoms with Crippen LogP contribution < -0.4 is 0 Å². The zero-order chi connectivity index (χ0) is 12.8. The monoisotopic (exact) mass is 259 g/mol. The van der Waals surface area contributed by atoms with Crippen LogP contribution in [0.25, 0.3) is 10.4 Å². The van der Waals surface area contributed by atoms with E-state index in [0.29, 0.717) is 0 Å². The Labute approximate surface area is 109 Å². The maximum atomic E-state index is 11.3. The van der Waals surface area contributed by atoms with E-state index in [1.54, 1.807) is 0 Å². The summed E-state index contributed by atoms with van der Waals surface area (Å²) in [6, 6.07) is 9.62. The van der Waals surface area contributed by atoms with Gasteiger partial charge in [-0.15, -0.1) is 11.3 Å². The highest BCUT2D eigenvalue weighted by molar-refractivity contribution is 7.15. The van der Waals surface area contributed by atoms with E-state index >= 15 is 0 Å². The number of aromatic nitrogens is 1. The third-order valence-electron chi connectivity index (χ3n) is 3.38. The fourth-order valence-electron chi connectivity index (χ4n) is 1.91. The first-order valence-electron chi connectivity index (χ1n) is 5.90. The first kappa shape index (κ1) is 11.4. The van der Waals surface area contributed by atoms with Crippen LogP contribution in [0.2, 0.25) is 0 Å². The number of carboxylic acid groups (broad SMARTS) is 1. The van der Waals surface area contributed by atoms with Gasteiger partial charge in [-0.05, 0) is 18.4 Å². The summed E-state index contributed by atoms with van der Waals surface area (Å²) in [5, 5.41) is 10.2. The van der Waals surface area contributed by atoms with Gasteiger partial charge in [0, 0.05) is 5.41 Å². The summed E-state index contributed by atoms with van der Waals surface area (Å²) in [5.74, 6) is -0.944.